The Labute approximate surface area is 501 Å². The van der Waals surface area contributed by atoms with E-state index in [0.29, 0.717) is 0 Å². The highest BCUT2D eigenvalue weighted by Gasteiger charge is 2.53. The Morgan fingerprint density at radius 2 is 0.437 bits per heavy atom. The van der Waals surface area contributed by atoms with E-state index in [2.05, 4.69) is 205 Å². The van der Waals surface area contributed by atoms with Crippen LogP contribution in [0.25, 0.3) is 164 Å². The largest absolute Gasteiger partial charge is 0.237 e. The highest BCUT2D eigenvalue weighted by atomic mass is 14.9. The normalized spacial score (nSPS) is 14.8. The van der Waals surface area contributed by atoms with E-state index in [1.165, 1.54) is 164 Å². The molecule has 87 heavy (non-hydrogen) atoms. The van der Waals surface area contributed by atoms with Crippen LogP contribution in [0.1, 0.15) is 74.9 Å². The van der Waals surface area contributed by atoms with Crippen LogP contribution in [-0.4, -0.2) is 29.9 Å². The van der Waals surface area contributed by atoms with E-state index in [4.69, 9.17) is 29.9 Å². The minimum atomic E-state index is -0.434. The van der Waals surface area contributed by atoms with Crippen molar-refractivity contribution in [1.82, 2.24) is 29.9 Å². The average molecular weight is 1110 g/mol. The first-order valence-corrected chi connectivity index (χ1v) is 30.3. The number of hydrogen-bond donors (Lipinski definition) is 0. The molecule has 16 aromatic rings. The highest BCUT2D eigenvalue weighted by Crippen LogP contribution is 2.69. The number of fused-ring (bicyclic) bond motifs is 30. The van der Waals surface area contributed by atoms with E-state index < -0.39 is 16.2 Å². The maximum absolute atomic E-state index is 4.74. The topological polar surface area (TPSA) is 77.3 Å². The molecule has 3 aliphatic carbocycles. The number of hydrogen-bond acceptors (Lipinski definition) is 6. The lowest BCUT2D eigenvalue weighted by Crippen LogP contribution is -2.22. The van der Waals surface area contributed by atoms with Crippen LogP contribution in [0.3, 0.4) is 0 Å². The Bertz CT molecular complexity index is 5240. The van der Waals surface area contributed by atoms with Crippen LogP contribution in [0.2, 0.25) is 0 Å². The van der Waals surface area contributed by atoms with Crippen molar-refractivity contribution < 1.29 is 0 Å². The molecule has 13 aromatic carbocycles. The van der Waals surface area contributed by atoms with Gasteiger partial charge >= 0.3 is 0 Å². The first kappa shape index (κ1) is 48.8. The summed E-state index contributed by atoms with van der Waals surface area (Å²) in [5.74, 6) is 2.17. The van der Waals surface area contributed by atoms with Crippen molar-refractivity contribution in [2.45, 2.75) is 57.8 Å². The fraction of sp³-hybridized carbons (Fsp3) is 0.111. The van der Waals surface area contributed by atoms with E-state index in [-0.39, 0.29) is 0 Å². The maximum Gasteiger partial charge on any atom is 0.159 e. The molecule has 0 unspecified atom stereocenters. The van der Waals surface area contributed by atoms with Gasteiger partial charge in [-0.3, -0.25) is 0 Å². The zero-order chi connectivity index (χ0) is 58.0. The molecule has 0 N–H and O–H groups in total. The molecule has 0 aliphatic heterocycles. The van der Waals surface area contributed by atoms with Gasteiger partial charge in [0.05, 0.1) is 0 Å². The number of rotatable bonds is 3. The lowest BCUT2D eigenvalue weighted by molar-refractivity contribution is 0.636. The van der Waals surface area contributed by atoms with Gasteiger partial charge in [-0.1, -0.05) is 151 Å². The summed E-state index contributed by atoms with van der Waals surface area (Å²) in [4.78, 5) is 28.5. The Kier molecular flexibility index (Phi) is 9.46. The highest BCUT2D eigenvalue weighted by molar-refractivity contribution is 6.30. The van der Waals surface area contributed by atoms with Crippen molar-refractivity contribution in [3.8, 4) is 67.5 Å². The summed E-state index contributed by atoms with van der Waals surface area (Å²) in [5, 5.41) is 22.3. The Morgan fingerprint density at radius 1 is 0.218 bits per heavy atom. The molecule has 0 bridgehead atoms. The predicted molar refractivity (Wildman–Crippen MR) is 360 cm³/mol. The van der Waals surface area contributed by atoms with Crippen LogP contribution in [0, 0.1) is 0 Å². The average Bonchev–Trinajstić information content (AvgIpc) is 1.49. The van der Waals surface area contributed by atoms with E-state index in [1.54, 1.807) is 0 Å². The molecule has 0 saturated carbocycles. The molecule has 0 fully saturated rings. The van der Waals surface area contributed by atoms with Crippen LogP contribution in [-0.2, 0) is 16.2 Å². The van der Waals surface area contributed by atoms with Gasteiger partial charge in [0.25, 0.3) is 0 Å². The van der Waals surface area contributed by atoms with Crippen molar-refractivity contribution in [1.29, 1.82) is 0 Å². The van der Waals surface area contributed by atoms with Crippen molar-refractivity contribution >= 4 is 97.0 Å². The summed E-state index contributed by atoms with van der Waals surface area (Å²) in [6.45, 7) is 15.1. The zero-order valence-electron chi connectivity index (χ0n) is 49.0. The van der Waals surface area contributed by atoms with Crippen LogP contribution >= 0.6 is 0 Å². The van der Waals surface area contributed by atoms with E-state index in [1.807, 2.05) is 55.4 Å². The second-order valence-corrected chi connectivity index (χ2v) is 26.1. The molecule has 3 aliphatic rings. The summed E-state index contributed by atoms with van der Waals surface area (Å²) < 4.78 is 0. The van der Waals surface area contributed by atoms with E-state index >= 15 is 0 Å². The molecule has 0 radical (unpaired) electrons. The standard InChI is InChI=1S/C81H54N6/c1-79(2)67-40-61-55-34-43(76-82-28-13-29-83-76)22-25-52(55)46-16-7-10-19-49(46)58(61)37-64(67)70-73(79)71-65-38-59-50-20-11-8-17-47(50)53-26-23-44(77-84-30-14-31-85-77)35-56(53)62(59)41-68(65)80(3,4)75(71)72-66-39-60-51-21-12-9-18-48(51)54-27-24-45(78-86-32-15-33-87-78)36-57(54)63(60)42-69(66)81(5,6)74(70)72/h7-42H,1-6H3. The molecule has 0 atom stereocenters. The molecule has 6 heteroatoms. The van der Waals surface area contributed by atoms with E-state index in [0.717, 1.165) is 34.2 Å². The molecule has 3 aromatic heterocycles. The predicted octanol–water partition coefficient (Wildman–Crippen LogP) is 20.4. The molecule has 3 heterocycles. The van der Waals surface area contributed by atoms with Crippen molar-refractivity contribution in [2.75, 3.05) is 0 Å². The van der Waals surface area contributed by atoms with Crippen LogP contribution in [0.4, 0.5) is 0 Å². The smallest absolute Gasteiger partial charge is 0.159 e. The van der Waals surface area contributed by atoms with Gasteiger partial charge in [-0.2, -0.15) is 0 Å². The summed E-state index contributed by atoms with van der Waals surface area (Å²) in [5.41, 5.74) is 18.1. The molecule has 408 valence electrons. The second-order valence-electron chi connectivity index (χ2n) is 26.1. The van der Waals surface area contributed by atoms with Crippen LogP contribution < -0.4 is 0 Å². The summed E-state index contributed by atoms with van der Waals surface area (Å²) >= 11 is 0. The van der Waals surface area contributed by atoms with Gasteiger partial charge in [-0.25, -0.2) is 29.9 Å². The van der Waals surface area contributed by atoms with Crippen molar-refractivity contribution in [3.63, 3.8) is 0 Å². The summed E-state index contributed by atoms with van der Waals surface area (Å²) in [6.07, 6.45) is 11.0. The minimum Gasteiger partial charge on any atom is -0.237 e. The van der Waals surface area contributed by atoms with Crippen LogP contribution in [0.15, 0.2) is 219 Å². The molecule has 19 rings (SSSR count). The third kappa shape index (κ3) is 6.33. The summed E-state index contributed by atoms with van der Waals surface area (Å²) in [6, 6.07) is 68.6. The summed E-state index contributed by atoms with van der Waals surface area (Å²) in [7, 11) is 0. The molecule has 0 amide bonds. The molecular formula is C81H54N6. The Morgan fingerprint density at radius 3 is 0.701 bits per heavy atom. The third-order valence-electron chi connectivity index (χ3n) is 20.6. The molecular weight excluding hydrogens is 1060 g/mol. The third-order valence-corrected chi connectivity index (χ3v) is 20.6. The number of nitrogens with zero attached hydrogens (tertiary/aromatic N) is 6. The van der Waals surface area contributed by atoms with Gasteiger partial charge in [0.15, 0.2) is 17.5 Å². The quantitative estimate of drug-likeness (QED) is 0.164. The molecule has 0 spiro atoms. The minimum absolute atomic E-state index is 0.434. The lowest BCUT2D eigenvalue weighted by Gasteiger charge is -2.31. The van der Waals surface area contributed by atoms with Gasteiger partial charge in [-0.05, 0) is 237 Å². The number of benzene rings is 13. The Hall–Kier alpha value is -10.6. The van der Waals surface area contributed by atoms with Gasteiger partial charge in [0, 0.05) is 70.1 Å². The molecule has 6 nitrogen and oxygen atoms in total. The van der Waals surface area contributed by atoms with Crippen molar-refractivity contribution in [3.05, 3.63) is 253 Å². The maximum atomic E-state index is 4.74. The van der Waals surface area contributed by atoms with Gasteiger partial charge in [-0.15, -0.1) is 0 Å². The van der Waals surface area contributed by atoms with Gasteiger partial charge < -0.3 is 0 Å². The van der Waals surface area contributed by atoms with Crippen LogP contribution in [0.5, 0.6) is 0 Å². The SMILES string of the molecule is CC1(C)c2cc3c4cc(-c5ncccn5)ccc4c4ccccc4c3cc2-c2c1c1c(c3c2C(C)(C)c2cc4c5cc(-c6ncccn6)ccc5c5ccccc5c4cc2-3)C(C)(C)c2cc3c4cc(-c5ncccn5)ccc4c4ccccc4c3cc2-1. The second kappa shape index (κ2) is 16.9. The van der Waals surface area contributed by atoms with Gasteiger partial charge in [0.1, 0.15) is 0 Å². The van der Waals surface area contributed by atoms with Gasteiger partial charge in [0.2, 0.25) is 0 Å². The number of aromatic nitrogens is 6. The Balaban J connectivity index is 0.967. The molecule has 0 saturated heterocycles. The van der Waals surface area contributed by atoms with E-state index in [9.17, 15) is 0 Å². The zero-order valence-corrected chi connectivity index (χ0v) is 49.0. The first-order valence-electron chi connectivity index (χ1n) is 30.3. The fourth-order valence-corrected chi connectivity index (χ4v) is 16.8. The fourth-order valence-electron chi connectivity index (χ4n) is 16.8. The first-order chi connectivity index (χ1) is 42.4. The van der Waals surface area contributed by atoms with Crippen molar-refractivity contribution in [2.24, 2.45) is 0 Å². The lowest BCUT2D eigenvalue weighted by atomic mass is 9.71. The monoisotopic (exact) mass is 1110 g/mol.